The summed E-state index contributed by atoms with van der Waals surface area (Å²) in [5.74, 6) is 2.34. The van der Waals surface area contributed by atoms with Gasteiger partial charge in [0.05, 0.1) is 12.7 Å². The summed E-state index contributed by atoms with van der Waals surface area (Å²) in [6.45, 7) is 0. The summed E-state index contributed by atoms with van der Waals surface area (Å²) in [6.07, 6.45) is 0.841. The molecule has 0 amide bonds. The Kier molecular flexibility index (Phi) is 3.65. The molecule has 0 spiro atoms. The van der Waals surface area contributed by atoms with Crippen molar-refractivity contribution in [2.24, 2.45) is 0 Å². The van der Waals surface area contributed by atoms with Gasteiger partial charge in [0.1, 0.15) is 11.7 Å². The predicted molar refractivity (Wildman–Crippen MR) is 52.0 cm³/mol. The third kappa shape index (κ3) is 2.57. The molecule has 0 aliphatic rings. The van der Waals surface area contributed by atoms with Gasteiger partial charge >= 0.3 is 0 Å². The first kappa shape index (κ1) is 10.2. The maximum Gasteiger partial charge on any atom is 0.157 e. The fraction of sp³-hybridized carbons (Fsp3) is 0.182. The monoisotopic (exact) mass is 190 g/mol. The van der Waals surface area contributed by atoms with Gasteiger partial charge in [-0.05, 0) is 17.7 Å². The van der Waals surface area contributed by atoms with Crippen molar-refractivity contribution in [2.75, 3.05) is 7.11 Å². The van der Waals surface area contributed by atoms with E-state index >= 15 is 0 Å². The van der Waals surface area contributed by atoms with Crippen molar-refractivity contribution in [1.29, 1.82) is 0 Å². The van der Waals surface area contributed by atoms with Crippen LogP contribution in [-0.4, -0.2) is 19.3 Å². The van der Waals surface area contributed by atoms with Gasteiger partial charge in [-0.3, -0.25) is 4.79 Å². The minimum Gasteiger partial charge on any atom is -0.497 e. The van der Waals surface area contributed by atoms with Gasteiger partial charge < -0.3 is 4.74 Å². The normalized spacial score (nSPS) is 8.93. The molecule has 0 heterocycles. The second-order valence-corrected chi connectivity index (χ2v) is 2.77. The van der Waals surface area contributed by atoms with Crippen LogP contribution in [0.2, 0.25) is 0 Å². The summed E-state index contributed by atoms with van der Waals surface area (Å²) in [4.78, 5) is 20.6. The van der Waals surface area contributed by atoms with Crippen molar-refractivity contribution in [1.82, 2.24) is 0 Å². The summed E-state index contributed by atoms with van der Waals surface area (Å²) in [5.41, 5.74) is 1.01. The lowest BCUT2D eigenvalue weighted by atomic mass is 10.1. The van der Waals surface area contributed by atoms with Crippen molar-refractivity contribution >= 4 is 12.2 Å². The van der Waals surface area contributed by atoms with Crippen molar-refractivity contribution in [3.05, 3.63) is 35.4 Å². The quantitative estimate of drug-likeness (QED) is 0.407. The Balaban J connectivity index is 2.78. The van der Waals surface area contributed by atoms with Crippen LogP contribution in [0.5, 0.6) is 5.75 Å². The van der Waals surface area contributed by atoms with E-state index in [4.69, 9.17) is 4.74 Å². The van der Waals surface area contributed by atoms with E-state index in [9.17, 15) is 9.59 Å². The molecule has 0 aromatic heterocycles. The summed E-state index contributed by atoms with van der Waals surface area (Å²) in [7, 11) is 1.58. The fourth-order valence-electron chi connectivity index (χ4n) is 1.07. The molecule has 0 fully saturated rings. The van der Waals surface area contributed by atoms with E-state index in [0.29, 0.717) is 12.7 Å². The third-order valence-electron chi connectivity index (χ3n) is 1.83. The maximum atomic E-state index is 10.3. The third-order valence-corrected chi connectivity index (χ3v) is 1.83. The molecule has 1 aromatic rings. The van der Waals surface area contributed by atoms with Crippen LogP contribution in [0.4, 0.5) is 0 Å². The summed E-state index contributed by atoms with van der Waals surface area (Å²) >= 11 is 0. The zero-order chi connectivity index (χ0) is 10.4. The number of hydrogen-bond donors (Lipinski definition) is 0. The number of hydrogen-bond acceptors (Lipinski definition) is 3. The highest BCUT2D eigenvalue weighted by molar-refractivity contribution is 5.86. The topological polar surface area (TPSA) is 43.4 Å². The SMILES string of the molecule is COc1ccc(CC(=C=O)C=O)cc1. The smallest absolute Gasteiger partial charge is 0.157 e. The van der Waals surface area contributed by atoms with Crippen LogP contribution in [0.15, 0.2) is 29.8 Å². The van der Waals surface area contributed by atoms with Gasteiger partial charge in [-0.1, -0.05) is 12.1 Å². The lowest BCUT2D eigenvalue weighted by molar-refractivity contribution is -0.104. The van der Waals surface area contributed by atoms with E-state index in [1.807, 2.05) is 0 Å². The fourth-order valence-corrected chi connectivity index (χ4v) is 1.07. The Labute approximate surface area is 82.0 Å². The molecule has 0 radical (unpaired) electrons. The number of carbonyl (C=O) groups is 1. The Morgan fingerprint density at radius 1 is 1.43 bits per heavy atom. The van der Waals surface area contributed by atoms with Crippen LogP contribution in [-0.2, 0) is 16.0 Å². The first-order chi connectivity index (χ1) is 6.80. The highest BCUT2D eigenvalue weighted by Gasteiger charge is 1.99. The van der Waals surface area contributed by atoms with Gasteiger partial charge in [-0.15, -0.1) is 0 Å². The largest absolute Gasteiger partial charge is 0.497 e. The lowest BCUT2D eigenvalue weighted by Crippen LogP contribution is -1.92. The minimum atomic E-state index is 0.121. The van der Waals surface area contributed by atoms with Crippen molar-refractivity contribution in [3.63, 3.8) is 0 Å². The molecule has 0 saturated carbocycles. The maximum absolute atomic E-state index is 10.3. The van der Waals surface area contributed by atoms with Crippen molar-refractivity contribution in [3.8, 4) is 5.75 Å². The lowest BCUT2D eigenvalue weighted by Gasteiger charge is -2.01. The molecule has 3 nitrogen and oxygen atoms in total. The highest BCUT2D eigenvalue weighted by atomic mass is 16.5. The highest BCUT2D eigenvalue weighted by Crippen LogP contribution is 2.12. The van der Waals surface area contributed by atoms with Gasteiger partial charge in [0.25, 0.3) is 0 Å². The Bertz CT molecular complexity index is 359. The van der Waals surface area contributed by atoms with Crippen molar-refractivity contribution < 1.29 is 14.3 Å². The average Bonchev–Trinajstić information content (AvgIpc) is 2.26. The van der Waals surface area contributed by atoms with Crippen LogP contribution in [0.1, 0.15) is 5.56 Å². The first-order valence-electron chi connectivity index (χ1n) is 4.12. The van der Waals surface area contributed by atoms with Gasteiger partial charge in [-0.25, -0.2) is 4.79 Å². The van der Waals surface area contributed by atoms with E-state index in [1.54, 1.807) is 37.3 Å². The molecule has 0 saturated heterocycles. The van der Waals surface area contributed by atoms with E-state index in [2.05, 4.69) is 0 Å². The number of aldehydes is 1. The molecule has 0 N–H and O–H groups in total. The molecule has 0 aliphatic heterocycles. The van der Waals surface area contributed by atoms with Crippen LogP contribution in [0.25, 0.3) is 0 Å². The molecule has 72 valence electrons. The molecule has 14 heavy (non-hydrogen) atoms. The second kappa shape index (κ2) is 5.00. The molecule has 0 atom stereocenters. The number of ether oxygens (including phenoxy) is 1. The van der Waals surface area contributed by atoms with E-state index in [1.165, 1.54) is 0 Å². The second-order valence-electron chi connectivity index (χ2n) is 2.77. The summed E-state index contributed by atoms with van der Waals surface area (Å²) in [6, 6.07) is 7.17. The number of rotatable bonds is 4. The number of carbonyl (C=O) groups excluding carboxylic acids is 2. The molecular formula is C11H10O3. The first-order valence-corrected chi connectivity index (χ1v) is 4.12. The zero-order valence-electron chi connectivity index (χ0n) is 7.82. The zero-order valence-corrected chi connectivity index (χ0v) is 7.82. The molecule has 1 rings (SSSR count). The van der Waals surface area contributed by atoms with Gasteiger partial charge in [-0.2, -0.15) is 0 Å². The molecule has 1 aromatic carbocycles. The van der Waals surface area contributed by atoms with Gasteiger partial charge in [0.2, 0.25) is 0 Å². The minimum absolute atomic E-state index is 0.121. The van der Waals surface area contributed by atoms with E-state index in [-0.39, 0.29) is 5.57 Å². The standard InChI is InChI=1S/C11H10O3/c1-14-11-4-2-9(3-5-11)6-10(7-12)8-13/h2-5,7H,6H2,1H3. The Morgan fingerprint density at radius 3 is 2.50 bits per heavy atom. The number of benzene rings is 1. The van der Waals surface area contributed by atoms with Crippen LogP contribution < -0.4 is 4.74 Å². The van der Waals surface area contributed by atoms with Crippen LogP contribution in [0, 0.1) is 0 Å². The predicted octanol–water partition coefficient (Wildman–Crippen LogP) is 1.19. The molecule has 0 aliphatic carbocycles. The molecule has 0 unspecified atom stereocenters. The van der Waals surface area contributed by atoms with Crippen molar-refractivity contribution in [2.45, 2.75) is 6.42 Å². The van der Waals surface area contributed by atoms with E-state index < -0.39 is 0 Å². The number of allylic oxidation sites excluding steroid dienone is 1. The van der Waals surface area contributed by atoms with Gasteiger partial charge in [0, 0.05) is 6.42 Å². The van der Waals surface area contributed by atoms with Crippen LogP contribution >= 0.6 is 0 Å². The summed E-state index contributed by atoms with van der Waals surface area (Å²) < 4.78 is 4.97. The Morgan fingerprint density at radius 2 is 2.07 bits per heavy atom. The molecular weight excluding hydrogens is 180 g/mol. The molecule has 3 heteroatoms. The van der Waals surface area contributed by atoms with Crippen LogP contribution in [0.3, 0.4) is 0 Å². The molecule has 0 bridgehead atoms. The Hall–Kier alpha value is -1.86. The van der Waals surface area contributed by atoms with Gasteiger partial charge in [0.15, 0.2) is 6.29 Å². The average molecular weight is 190 g/mol. The van der Waals surface area contributed by atoms with E-state index in [0.717, 1.165) is 11.3 Å². The number of methoxy groups -OCH3 is 1. The summed E-state index contributed by atoms with van der Waals surface area (Å²) in [5, 5.41) is 0.